The van der Waals surface area contributed by atoms with Gasteiger partial charge in [0.1, 0.15) is 6.61 Å². The van der Waals surface area contributed by atoms with E-state index in [0.717, 1.165) is 12.0 Å². The van der Waals surface area contributed by atoms with E-state index in [1.165, 1.54) is 0 Å². The van der Waals surface area contributed by atoms with Crippen molar-refractivity contribution in [2.24, 2.45) is 0 Å². The summed E-state index contributed by atoms with van der Waals surface area (Å²) in [6.07, 6.45) is 1.81. The molecule has 1 aliphatic heterocycles. The van der Waals surface area contributed by atoms with Crippen molar-refractivity contribution in [3.63, 3.8) is 0 Å². The van der Waals surface area contributed by atoms with E-state index in [2.05, 4.69) is 6.58 Å². The summed E-state index contributed by atoms with van der Waals surface area (Å²) in [5.74, 6) is -1.06. The fourth-order valence-corrected chi connectivity index (χ4v) is 2.52. The van der Waals surface area contributed by atoms with Crippen molar-refractivity contribution >= 4 is 17.8 Å². The van der Waals surface area contributed by atoms with Crippen LogP contribution >= 0.6 is 0 Å². The van der Waals surface area contributed by atoms with Gasteiger partial charge < -0.3 is 14.4 Å². The highest BCUT2D eigenvalue weighted by Crippen LogP contribution is 2.09. The number of hydrogen-bond donors (Lipinski definition) is 0. The first kappa shape index (κ1) is 18.7. The first-order chi connectivity index (χ1) is 12.1. The van der Waals surface area contributed by atoms with Crippen LogP contribution in [0.1, 0.15) is 24.8 Å². The number of nitrogens with zero attached hydrogens (tertiary/aromatic N) is 1. The van der Waals surface area contributed by atoms with E-state index in [1.54, 1.807) is 4.90 Å². The van der Waals surface area contributed by atoms with Crippen LogP contribution in [0.25, 0.3) is 0 Å². The molecule has 1 aromatic rings. The molecule has 6 nitrogen and oxygen atoms in total. The lowest BCUT2D eigenvalue weighted by molar-refractivity contribution is -0.146. The second-order valence-electron chi connectivity index (χ2n) is 5.86. The summed E-state index contributed by atoms with van der Waals surface area (Å²) in [5.41, 5.74) is 1.13. The lowest BCUT2D eigenvalue weighted by atomic mass is 10.2. The smallest absolute Gasteiger partial charge is 0.334 e. The Balaban J connectivity index is 1.60. The van der Waals surface area contributed by atoms with E-state index >= 15 is 0 Å². The van der Waals surface area contributed by atoms with E-state index < -0.39 is 11.9 Å². The van der Waals surface area contributed by atoms with Gasteiger partial charge in [0.2, 0.25) is 5.91 Å². The van der Waals surface area contributed by atoms with Gasteiger partial charge in [-0.3, -0.25) is 9.59 Å². The normalized spacial score (nSPS) is 13.6. The molecule has 0 bridgehead atoms. The molecule has 1 saturated heterocycles. The number of benzene rings is 1. The maximum absolute atomic E-state index is 11.8. The molecule has 0 unspecified atom stereocenters. The van der Waals surface area contributed by atoms with Crippen LogP contribution in [0.3, 0.4) is 0 Å². The average molecular weight is 345 g/mol. The van der Waals surface area contributed by atoms with Crippen molar-refractivity contribution in [3.05, 3.63) is 48.0 Å². The number of amides is 1. The number of likely N-dealkylation sites (tertiary alicyclic amines) is 1. The zero-order valence-electron chi connectivity index (χ0n) is 14.2. The largest absolute Gasteiger partial charge is 0.465 e. The lowest BCUT2D eigenvalue weighted by Gasteiger charge is -2.15. The molecule has 1 heterocycles. The molecule has 1 amide bonds. The highest BCUT2D eigenvalue weighted by atomic mass is 16.5. The molecule has 1 aliphatic rings. The molecule has 0 aromatic heterocycles. The average Bonchev–Trinajstić information content (AvgIpc) is 3.00. The number of rotatable bonds is 9. The lowest BCUT2D eigenvalue weighted by Crippen LogP contribution is -2.29. The predicted octanol–water partition coefficient (Wildman–Crippen LogP) is 1.88. The molecule has 25 heavy (non-hydrogen) atoms. The predicted molar refractivity (Wildman–Crippen MR) is 91.6 cm³/mol. The summed E-state index contributed by atoms with van der Waals surface area (Å²) >= 11 is 0. The molecule has 0 spiro atoms. The Hall–Kier alpha value is -2.63. The fraction of sp³-hybridized carbons (Fsp3) is 0.421. The molecule has 1 fully saturated rings. The summed E-state index contributed by atoms with van der Waals surface area (Å²) in [5, 5.41) is 0. The van der Waals surface area contributed by atoms with E-state index in [1.807, 2.05) is 30.3 Å². The fourth-order valence-electron chi connectivity index (χ4n) is 2.52. The third kappa shape index (κ3) is 6.41. The van der Waals surface area contributed by atoms with Gasteiger partial charge in [-0.05, 0) is 12.0 Å². The Labute approximate surface area is 147 Å². The number of carbonyl (C=O) groups excluding carboxylic acids is 3. The Morgan fingerprint density at radius 1 is 1.12 bits per heavy atom. The van der Waals surface area contributed by atoms with Crippen LogP contribution in [0, 0.1) is 0 Å². The van der Waals surface area contributed by atoms with E-state index in [0.29, 0.717) is 25.9 Å². The summed E-state index contributed by atoms with van der Waals surface area (Å²) in [6.45, 7) is 5.00. The third-order valence-electron chi connectivity index (χ3n) is 3.91. The number of esters is 2. The minimum absolute atomic E-state index is 0.0532. The first-order valence-corrected chi connectivity index (χ1v) is 8.38. The van der Waals surface area contributed by atoms with E-state index in [9.17, 15) is 14.4 Å². The monoisotopic (exact) mass is 345 g/mol. The van der Waals surface area contributed by atoms with Crippen molar-refractivity contribution in [2.45, 2.75) is 25.7 Å². The molecule has 0 radical (unpaired) electrons. The van der Waals surface area contributed by atoms with Gasteiger partial charge >= 0.3 is 11.9 Å². The van der Waals surface area contributed by atoms with Crippen molar-refractivity contribution in [1.29, 1.82) is 0 Å². The summed E-state index contributed by atoms with van der Waals surface area (Å²) in [4.78, 5) is 36.6. The number of carbonyl (C=O) groups is 3. The van der Waals surface area contributed by atoms with Crippen LogP contribution in [0.15, 0.2) is 42.5 Å². The highest BCUT2D eigenvalue weighted by Gasteiger charge is 2.20. The van der Waals surface area contributed by atoms with Gasteiger partial charge in [-0.1, -0.05) is 36.9 Å². The zero-order valence-corrected chi connectivity index (χ0v) is 14.2. The topological polar surface area (TPSA) is 72.9 Å². The van der Waals surface area contributed by atoms with Crippen molar-refractivity contribution in [2.75, 3.05) is 26.3 Å². The highest BCUT2D eigenvalue weighted by molar-refractivity contribution is 5.93. The maximum Gasteiger partial charge on any atom is 0.334 e. The Kier molecular flexibility index (Phi) is 7.19. The van der Waals surface area contributed by atoms with Crippen molar-refractivity contribution in [3.8, 4) is 0 Å². The first-order valence-electron chi connectivity index (χ1n) is 8.38. The maximum atomic E-state index is 11.8. The van der Waals surface area contributed by atoms with Gasteiger partial charge in [-0.2, -0.15) is 0 Å². The van der Waals surface area contributed by atoms with Crippen molar-refractivity contribution < 1.29 is 23.9 Å². The second kappa shape index (κ2) is 9.61. The van der Waals surface area contributed by atoms with E-state index in [4.69, 9.17) is 9.47 Å². The van der Waals surface area contributed by atoms with Gasteiger partial charge in [-0.25, -0.2) is 4.79 Å². The molecule has 0 atom stereocenters. The minimum Gasteiger partial charge on any atom is -0.465 e. The molecular weight excluding hydrogens is 322 g/mol. The summed E-state index contributed by atoms with van der Waals surface area (Å²) in [7, 11) is 0. The van der Waals surface area contributed by atoms with Gasteiger partial charge in [0.05, 0.1) is 19.6 Å². The van der Waals surface area contributed by atoms with Crippen LogP contribution in [0.2, 0.25) is 0 Å². The van der Waals surface area contributed by atoms with Crippen LogP contribution in [0.4, 0.5) is 0 Å². The summed E-state index contributed by atoms with van der Waals surface area (Å²) < 4.78 is 10.2. The molecule has 0 saturated carbocycles. The van der Waals surface area contributed by atoms with Crippen LogP contribution < -0.4 is 0 Å². The molecule has 0 aliphatic carbocycles. The molecule has 1 aromatic carbocycles. The van der Waals surface area contributed by atoms with Gasteiger partial charge in [0.25, 0.3) is 0 Å². The van der Waals surface area contributed by atoms with E-state index in [-0.39, 0.29) is 31.1 Å². The molecule has 2 rings (SSSR count). The molecule has 134 valence electrons. The van der Waals surface area contributed by atoms with Gasteiger partial charge in [0, 0.05) is 25.0 Å². The van der Waals surface area contributed by atoms with Crippen LogP contribution in [-0.4, -0.2) is 49.0 Å². The standard InChI is InChI=1S/C19H23NO5/c1-15(19(23)25-13-11-20-10-5-8-17(20)21)14-18(22)24-12-9-16-6-3-2-4-7-16/h2-4,6-7H,1,5,8-14H2. The SMILES string of the molecule is C=C(CC(=O)OCCc1ccccc1)C(=O)OCCN1CCCC1=O. The number of hydrogen-bond acceptors (Lipinski definition) is 5. The quantitative estimate of drug-likeness (QED) is 0.505. The molecular formula is C19H23NO5. The third-order valence-corrected chi connectivity index (χ3v) is 3.91. The second-order valence-corrected chi connectivity index (χ2v) is 5.86. The molecule has 0 N–H and O–H groups in total. The van der Waals surface area contributed by atoms with Gasteiger partial charge in [0.15, 0.2) is 0 Å². The Morgan fingerprint density at radius 2 is 1.88 bits per heavy atom. The van der Waals surface area contributed by atoms with Crippen LogP contribution in [0.5, 0.6) is 0 Å². The number of ether oxygens (including phenoxy) is 2. The zero-order chi connectivity index (χ0) is 18.1. The molecule has 6 heteroatoms. The summed E-state index contributed by atoms with van der Waals surface area (Å²) in [6, 6.07) is 9.67. The minimum atomic E-state index is -0.633. The van der Waals surface area contributed by atoms with Crippen molar-refractivity contribution in [1.82, 2.24) is 4.90 Å². The Morgan fingerprint density at radius 3 is 2.56 bits per heavy atom. The van der Waals surface area contributed by atoms with Gasteiger partial charge in [-0.15, -0.1) is 0 Å². The Bertz CT molecular complexity index is 626. The van der Waals surface area contributed by atoms with Crippen LogP contribution in [-0.2, 0) is 30.3 Å².